The molecule has 112 valence electrons. The molecule has 0 saturated heterocycles. The average Bonchev–Trinajstić information content (AvgIpc) is 2.54. The number of anilines is 1. The van der Waals surface area contributed by atoms with Crippen LogP contribution in [0, 0.1) is 0 Å². The van der Waals surface area contributed by atoms with E-state index in [4.69, 9.17) is 4.74 Å². The van der Waals surface area contributed by atoms with Crippen molar-refractivity contribution >= 4 is 17.4 Å². The molecule has 0 saturated carbocycles. The molecule has 0 fully saturated rings. The predicted octanol–water partition coefficient (Wildman–Crippen LogP) is 3.40. The molecule has 0 heterocycles. The fourth-order valence-electron chi connectivity index (χ4n) is 1.96. The highest BCUT2D eigenvalue weighted by Crippen LogP contribution is 2.24. The van der Waals surface area contributed by atoms with Gasteiger partial charge in [0.05, 0.1) is 19.3 Å². The van der Waals surface area contributed by atoms with E-state index in [1.165, 1.54) is 4.90 Å². The van der Waals surface area contributed by atoms with Gasteiger partial charge in [-0.2, -0.15) is 0 Å². The van der Waals surface area contributed by atoms with E-state index in [1.54, 1.807) is 11.8 Å². The Morgan fingerprint density at radius 3 is 2.57 bits per heavy atom. The zero-order valence-electron chi connectivity index (χ0n) is 12.2. The smallest absolute Gasteiger partial charge is 0.0945 e. The minimum atomic E-state index is -0.524. The van der Waals surface area contributed by atoms with Gasteiger partial charge in [-0.25, -0.2) is 0 Å². The van der Waals surface area contributed by atoms with Crippen molar-refractivity contribution in [1.82, 2.24) is 0 Å². The summed E-state index contributed by atoms with van der Waals surface area (Å²) in [6.07, 6.45) is 1.52. The molecule has 0 spiro atoms. The summed E-state index contributed by atoms with van der Waals surface area (Å²) in [5.41, 5.74) is 2.16. The van der Waals surface area contributed by atoms with Crippen LogP contribution in [0.5, 0.6) is 0 Å². The van der Waals surface area contributed by atoms with Gasteiger partial charge in [0.15, 0.2) is 0 Å². The molecular formula is C17H21NO2S. The summed E-state index contributed by atoms with van der Waals surface area (Å²) in [7, 11) is 0. The molecule has 4 heteroatoms. The van der Waals surface area contributed by atoms with E-state index in [1.807, 2.05) is 54.8 Å². The van der Waals surface area contributed by atoms with Crippen LogP contribution in [0.1, 0.15) is 5.56 Å². The summed E-state index contributed by atoms with van der Waals surface area (Å²) >= 11 is 1.69. The predicted molar refractivity (Wildman–Crippen MR) is 88.8 cm³/mol. The van der Waals surface area contributed by atoms with Crippen molar-refractivity contribution in [2.45, 2.75) is 17.6 Å². The van der Waals surface area contributed by atoms with Gasteiger partial charge in [0.2, 0.25) is 0 Å². The number of para-hydroxylation sites is 1. The molecule has 1 unspecified atom stereocenters. The molecule has 0 radical (unpaired) electrons. The number of nitrogens with one attached hydrogen (secondary N) is 1. The summed E-state index contributed by atoms with van der Waals surface area (Å²) in [5, 5.41) is 13.2. The van der Waals surface area contributed by atoms with Crippen molar-refractivity contribution in [3.63, 3.8) is 0 Å². The molecule has 0 aliphatic rings. The molecule has 21 heavy (non-hydrogen) atoms. The van der Waals surface area contributed by atoms with E-state index in [0.29, 0.717) is 19.8 Å². The second-order valence-electron chi connectivity index (χ2n) is 4.74. The minimum absolute atomic E-state index is 0.323. The number of hydrogen-bond acceptors (Lipinski definition) is 4. The lowest BCUT2D eigenvalue weighted by molar-refractivity contribution is 0.0348. The molecular weight excluding hydrogens is 282 g/mol. The molecule has 0 aliphatic carbocycles. The van der Waals surface area contributed by atoms with Crippen LogP contribution < -0.4 is 5.32 Å². The summed E-state index contributed by atoms with van der Waals surface area (Å²) < 4.78 is 5.53. The molecule has 0 aromatic heterocycles. The Labute approximate surface area is 130 Å². The standard InChI is InChI=1S/C17H21NO2S/c1-21-17-10-6-5-9-16(17)18-11-15(19)13-20-12-14-7-3-2-4-8-14/h2-10,15,18-19H,11-13H2,1H3. The second kappa shape index (κ2) is 8.72. The van der Waals surface area contributed by atoms with Crippen LogP contribution in [-0.4, -0.2) is 30.6 Å². The van der Waals surface area contributed by atoms with E-state index in [9.17, 15) is 5.11 Å². The van der Waals surface area contributed by atoms with Crippen LogP contribution in [0.15, 0.2) is 59.5 Å². The third-order valence-corrected chi connectivity index (χ3v) is 3.85. The van der Waals surface area contributed by atoms with Crippen LogP contribution in [0.2, 0.25) is 0 Å². The van der Waals surface area contributed by atoms with Gasteiger partial charge >= 0.3 is 0 Å². The maximum absolute atomic E-state index is 9.96. The largest absolute Gasteiger partial charge is 0.389 e. The van der Waals surface area contributed by atoms with Crippen LogP contribution in [-0.2, 0) is 11.3 Å². The van der Waals surface area contributed by atoms with Gasteiger partial charge in [-0.3, -0.25) is 0 Å². The van der Waals surface area contributed by atoms with Gasteiger partial charge in [-0.15, -0.1) is 11.8 Å². The first-order valence-corrected chi connectivity index (χ1v) is 8.18. The summed E-state index contributed by atoms with van der Waals surface area (Å²) in [6, 6.07) is 18.0. The fourth-order valence-corrected chi connectivity index (χ4v) is 2.54. The van der Waals surface area contributed by atoms with Crippen molar-refractivity contribution in [3.8, 4) is 0 Å². The van der Waals surface area contributed by atoms with Gasteiger partial charge in [-0.05, 0) is 24.0 Å². The van der Waals surface area contributed by atoms with E-state index >= 15 is 0 Å². The van der Waals surface area contributed by atoms with Crippen molar-refractivity contribution in [2.75, 3.05) is 24.7 Å². The van der Waals surface area contributed by atoms with Crippen LogP contribution in [0.4, 0.5) is 5.69 Å². The Bertz CT molecular complexity index is 533. The SMILES string of the molecule is CSc1ccccc1NCC(O)COCc1ccccc1. The maximum atomic E-state index is 9.96. The maximum Gasteiger partial charge on any atom is 0.0945 e. The first-order chi connectivity index (χ1) is 10.3. The van der Waals surface area contributed by atoms with Crippen LogP contribution >= 0.6 is 11.8 Å². The monoisotopic (exact) mass is 303 g/mol. The molecule has 2 aromatic carbocycles. The number of aliphatic hydroxyl groups is 1. The number of ether oxygens (including phenoxy) is 1. The molecule has 2 N–H and O–H groups in total. The Morgan fingerprint density at radius 1 is 1.10 bits per heavy atom. The van der Waals surface area contributed by atoms with Gasteiger partial charge < -0.3 is 15.2 Å². The molecule has 0 amide bonds. The Morgan fingerprint density at radius 2 is 1.81 bits per heavy atom. The van der Waals surface area contributed by atoms with Gasteiger partial charge in [0, 0.05) is 17.1 Å². The lowest BCUT2D eigenvalue weighted by Crippen LogP contribution is -2.25. The zero-order chi connectivity index (χ0) is 14.9. The topological polar surface area (TPSA) is 41.5 Å². The number of hydrogen-bond donors (Lipinski definition) is 2. The van der Waals surface area contributed by atoms with Crippen molar-refractivity contribution in [2.24, 2.45) is 0 Å². The molecule has 1 atom stereocenters. The molecule has 2 aromatic rings. The minimum Gasteiger partial charge on any atom is -0.389 e. The van der Waals surface area contributed by atoms with Crippen LogP contribution in [0.25, 0.3) is 0 Å². The van der Waals surface area contributed by atoms with E-state index in [-0.39, 0.29) is 0 Å². The number of thioether (sulfide) groups is 1. The third-order valence-electron chi connectivity index (χ3n) is 3.06. The molecule has 0 bridgehead atoms. The van der Waals surface area contributed by atoms with E-state index in [2.05, 4.69) is 11.4 Å². The van der Waals surface area contributed by atoms with E-state index in [0.717, 1.165) is 11.3 Å². The van der Waals surface area contributed by atoms with E-state index < -0.39 is 6.10 Å². The molecule has 3 nitrogen and oxygen atoms in total. The Kier molecular flexibility index (Phi) is 6.60. The molecule has 2 rings (SSSR count). The van der Waals surface area contributed by atoms with Gasteiger partial charge in [0.25, 0.3) is 0 Å². The van der Waals surface area contributed by atoms with Crippen molar-refractivity contribution in [3.05, 3.63) is 60.2 Å². The second-order valence-corrected chi connectivity index (χ2v) is 5.58. The highest BCUT2D eigenvalue weighted by atomic mass is 32.2. The Balaban J connectivity index is 1.71. The van der Waals surface area contributed by atoms with Gasteiger partial charge in [-0.1, -0.05) is 42.5 Å². The van der Waals surface area contributed by atoms with Crippen LogP contribution in [0.3, 0.4) is 0 Å². The van der Waals surface area contributed by atoms with Crippen molar-refractivity contribution in [1.29, 1.82) is 0 Å². The first-order valence-electron chi connectivity index (χ1n) is 6.96. The van der Waals surface area contributed by atoms with Crippen molar-refractivity contribution < 1.29 is 9.84 Å². The lowest BCUT2D eigenvalue weighted by Gasteiger charge is -2.15. The lowest BCUT2D eigenvalue weighted by atomic mass is 10.2. The highest BCUT2D eigenvalue weighted by molar-refractivity contribution is 7.98. The quantitative estimate of drug-likeness (QED) is 0.733. The Hall–Kier alpha value is -1.49. The number of rotatable bonds is 8. The number of aliphatic hydroxyl groups excluding tert-OH is 1. The first kappa shape index (κ1) is 15.9. The fraction of sp³-hybridized carbons (Fsp3) is 0.294. The third kappa shape index (κ3) is 5.42. The summed E-state index contributed by atoms with van der Waals surface area (Å²) in [5.74, 6) is 0. The highest BCUT2D eigenvalue weighted by Gasteiger charge is 2.06. The van der Waals surface area contributed by atoms with Gasteiger partial charge in [0.1, 0.15) is 0 Å². The summed E-state index contributed by atoms with van der Waals surface area (Å²) in [4.78, 5) is 1.18. The normalized spacial score (nSPS) is 12.1. The number of benzene rings is 2. The zero-order valence-corrected chi connectivity index (χ0v) is 13.0. The summed E-state index contributed by atoms with van der Waals surface area (Å²) in [6.45, 7) is 1.33. The average molecular weight is 303 g/mol. The molecule has 0 aliphatic heterocycles.